The van der Waals surface area contributed by atoms with E-state index in [0.717, 1.165) is 3.79 Å². The van der Waals surface area contributed by atoms with Gasteiger partial charge >= 0.3 is 11.7 Å². The van der Waals surface area contributed by atoms with Crippen LogP contribution in [0.1, 0.15) is 16.1 Å². The average Bonchev–Trinajstić information content (AvgIpc) is 2.62. The molecule has 0 aliphatic carbocycles. The van der Waals surface area contributed by atoms with Crippen molar-refractivity contribution in [3.8, 4) is 10.6 Å². The number of carbonyl (C=O) groups is 1. The second-order valence-electron chi connectivity index (χ2n) is 3.30. The molecule has 2 N–H and O–H groups in total. The van der Waals surface area contributed by atoms with Gasteiger partial charge in [-0.05, 0) is 35.0 Å². The fourth-order valence-electron chi connectivity index (χ4n) is 1.47. The maximum absolute atomic E-state index is 11.3. The highest BCUT2D eigenvalue weighted by Crippen LogP contribution is 2.32. The third kappa shape index (κ3) is 2.29. The molecule has 2 aromatic rings. The Morgan fingerprint density at radius 2 is 2.24 bits per heavy atom. The van der Waals surface area contributed by atoms with Gasteiger partial charge in [-0.25, -0.2) is 9.59 Å². The van der Waals surface area contributed by atoms with Gasteiger partial charge in [-0.1, -0.05) is 0 Å². The minimum Gasteiger partial charge on any atom is -0.478 e. The van der Waals surface area contributed by atoms with Crippen LogP contribution in [0.25, 0.3) is 10.6 Å². The lowest BCUT2D eigenvalue weighted by Crippen LogP contribution is -2.18. The van der Waals surface area contributed by atoms with Gasteiger partial charge in [0.1, 0.15) is 11.3 Å². The summed E-state index contributed by atoms with van der Waals surface area (Å²) in [5.74, 6) is -1.11. The molecule has 5 nitrogen and oxygen atoms in total. The average molecular weight is 315 g/mol. The molecule has 0 fully saturated rings. The zero-order valence-electron chi connectivity index (χ0n) is 8.65. The number of hydrogen-bond acceptors (Lipinski definition) is 4. The summed E-state index contributed by atoms with van der Waals surface area (Å²) in [7, 11) is 0. The first kappa shape index (κ1) is 12.0. The van der Waals surface area contributed by atoms with Crippen molar-refractivity contribution in [2.45, 2.75) is 6.92 Å². The van der Waals surface area contributed by atoms with E-state index in [2.05, 4.69) is 25.9 Å². The van der Waals surface area contributed by atoms with Crippen LogP contribution in [0.2, 0.25) is 0 Å². The number of nitrogens with one attached hydrogen (secondary N) is 1. The number of halogens is 1. The Balaban J connectivity index is 2.75. The number of aromatic amines is 1. The number of aromatic carboxylic acids is 1. The standard InChI is InChI=1S/C10H7BrN2O3S/c1-4-7(9(14)15)8(13-10(16)12-4)5-2-3-6(11)17-5/h2-3H,1H3,(H,14,15)(H,12,13,16). The SMILES string of the molecule is Cc1[nH]c(=O)nc(-c2ccc(Br)s2)c1C(=O)O. The molecule has 0 atom stereocenters. The van der Waals surface area contributed by atoms with Gasteiger partial charge in [-0.2, -0.15) is 4.98 Å². The number of carboxylic acid groups (broad SMARTS) is 1. The Morgan fingerprint density at radius 1 is 1.53 bits per heavy atom. The first-order valence-electron chi connectivity index (χ1n) is 4.59. The lowest BCUT2D eigenvalue weighted by Gasteiger charge is -2.04. The van der Waals surface area contributed by atoms with E-state index in [0.29, 0.717) is 10.6 Å². The van der Waals surface area contributed by atoms with Crippen LogP contribution < -0.4 is 5.69 Å². The van der Waals surface area contributed by atoms with Crippen LogP contribution in [0.4, 0.5) is 0 Å². The lowest BCUT2D eigenvalue weighted by atomic mass is 10.1. The first-order chi connectivity index (χ1) is 7.99. The van der Waals surface area contributed by atoms with Crippen LogP contribution in [0.3, 0.4) is 0 Å². The highest BCUT2D eigenvalue weighted by Gasteiger charge is 2.18. The summed E-state index contributed by atoms with van der Waals surface area (Å²) in [6.07, 6.45) is 0. The maximum Gasteiger partial charge on any atom is 0.345 e. The molecule has 88 valence electrons. The van der Waals surface area contributed by atoms with Crippen molar-refractivity contribution in [1.82, 2.24) is 9.97 Å². The molecule has 0 saturated heterocycles. The molecule has 0 aliphatic rings. The lowest BCUT2D eigenvalue weighted by molar-refractivity contribution is 0.0696. The molecule has 0 radical (unpaired) electrons. The Hall–Kier alpha value is -1.47. The monoisotopic (exact) mass is 314 g/mol. The van der Waals surface area contributed by atoms with E-state index in [4.69, 9.17) is 5.11 Å². The van der Waals surface area contributed by atoms with Crippen molar-refractivity contribution < 1.29 is 9.90 Å². The third-order valence-electron chi connectivity index (χ3n) is 2.14. The fraction of sp³-hybridized carbons (Fsp3) is 0.100. The van der Waals surface area contributed by atoms with Crippen molar-refractivity contribution >= 4 is 33.2 Å². The Bertz CT molecular complexity index is 647. The fourth-order valence-corrected chi connectivity index (χ4v) is 2.85. The second kappa shape index (κ2) is 4.42. The van der Waals surface area contributed by atoms with Crippen molar-refractivity contribution in [2.24, 2.45) is 0 Å². The molecule has 0 amide bonds. The number of aryl methyl sites for hydroxylation is 1. The van der Waals surface area contributed by atoms with Crippen LogP contribution in [0, 0.1) is 6.92 Å². The number of aromatic nitrogens is 2. The topological polar surface area (TPSA) is 83.0 Å². The minimum atomic E-state index is -1.11. The van der Waals surface area contributed by atoms with E-state index in [-0.39, 0.29) is 11.3 Å². The van der Waals surface area contributed by atoms with Crippen molar-refractivity contribution in [3.05, 3.63) is 37.7 Å². The van der Waals surface area contributed by atoms with Crippen LogP contribution in [-0.4, -0.2) is 21.0 Å². The molecule has 0 aromatic carbocycles. The number of rotatable bonds is 2. The van der Waals surface area contributed by atoms with Gasteiger partial charge in [0, 0.05) is 5.69 Å². The highest BCUT2D eigenvalue weighted by molar-refractivity contribution is 9.11. The zero-order chi connectivity index (χ0) is 12.6. The number of thiophene rings is 1. The Morgan fingerprint density at radius 3 is 2.76 bits per heavy atom. The van der Waals surface area contributed by atoms with Crippen LogP contribution >= 0.6 is 27.3 Å². The van der Waals surface area contributed by atoms with Gasteiger partial charge in [-0.3, -0.25) is 0 Å². The van der Waals surface area contributed by atoms with Crippen molar-refractivity contribution in [1.29, 1.82) is 0 Å². The summed E-state index contributed by atoms with van der Waals surface area (Å²) >= 11 is 4.61. The number of hydrogen-bond donors (Lipinski definition) is 2. The molecule has 17 heavy (non-hydrogen) atoms. The molecular formula is C10H7BrN2O3S. The molecule has 0 bridgehead atoms. The number of carboxylic acids is 1. The molecule has 7 heteroatoms. The molecule has 2 aromatic heterocycles. The highest BCUT2D eigenvalue weighted by atomic mass is 79.9. The van der Waals surface area contributed by atoms with E-state index in [1.165, 1.54) is 11.3 Å². The van der Waals surface area contributed by atoms with Gasteiger partial charge in [0.15, 0.2) is 0 Å². The third-order valence-corrected chi connectivity index (χ3v) is 3.77. The Labute approximate surface area is 108 Å². The van der Waals surface area contributed by atoms with Crippen molar-refractivity contribution in [2.75, 3.05) is 0 Å². The molecule has 2 heterocycles. The molecule has 0 aliphatic heterocycles. The van der Waals surface area contributed by atoms with E-state index >= 15 is 0 Å². The van der Waals surface area contributed by atoms with Gasteiger partial charge in [0.2, 0.25) is 0 Å². The van der Waals surface area contributed by atoms with Crippen LogP contribution in [-0.2, 0) is 0 Å². The summed E-state index contributed by atoms with van der Waals surface area (Å²) < 4.78 is 0.851. The van der Waals surface area contributed by atoms with Crippen molar-refractivity contribution in [3.63, 3.8) is 0 Å². The minimum absolute atomic E-state index is 0.0268. The van der Waals surface area contributed by atoms with Gasteiger partial charge in [0.25, 0.3) is 0 Å². The van der Waals surface area contributed by atoms with E-state index in [9.17, 15) is 9.59 Å². The first-order valence-corrected chi connectivity index (χ1v) is 6.20. The summed E-state index contributed by atoms with van der Waals surface area (Å²) in [6, 6.07) is 3.51. The quantitative estimate of drug-likeness (QED) is 0.890. The summed E-state index contributed by atoms with van der Waals surface area (Å²) in [5.41, 5.74) is -0.0163. The van der Waals surface area contributed by atoms with E-state index in [1.54, 1.807) is 19.1 Å². The smallest absolute Gasteiger partial charge is 0.345 e. The second-order valence-corrected chi connectivity index (χ2v) is 5.76. The molecular weight excluding hydrogens is 308 g/mol. The van der Waals surface area contributed by atoms with Crippen LogP contribution in [0.5, 0.6) is 0 Å². The van der Waals surface area contributed by atoms with E-state index in [1.807, 2.05) is 0 Å². The summed E-state index contributed by atoms with van der Waals surface area (Å²) in [5, 5.41) is 9.14. The van der Waals surface area contributed by atoms with Gasteiger partial charge < -0.3 is 10.1 Å². The Kier molecular flexibility index (Phi) is 3.12. The van der Waals surface area contributed by atoms with E-state index < -0.39 is 11.7 Å². The zero-order valence-corrected chi connectivity index (χ0v) is 11.1. The molecule has 2 rings (SSSR count). The molecule has 0 unspecified atom stereocenters. The predicted octanol–water partition coefficient (Wildman–Crippen LogP) is 2.27. The number of nitrogens with zero attached hydrogens (tertiary/aromatic N) is 1. The van der Waals surface area contributed by atoms with Crippen LogP contribution in [0.15, 0.2) is 20.7 Å². The maximum atomic E-state index is 11.3. The predicted molar refractivity (Wildman–Crippen MR) is 67.6 cm³/mol. The molecule has 0 saturated carbocycles. The molecule has 0 spiro atoms. The normalized spacial score (nSPS) is 10.5. The van der Waals surface area contributed by atoms with Gasteiger partial charge in [-0.15, -0.1) is 11.3 Å². The van der Waals surface area contributed by atoms with Gasteiger partial charge in [0.05, 0.1) is 8.66 Å². The summed E-state index contributed by atoms with van der Waals surface area (Å²) in [6.45, 7) is 1.54. The summed E-state index contributed by atoms with van der Waals surface area (Å²) in [4.78, 5) is 29.2. The number of H-pyrrole nitrogens is 1. The largest absolute Gasteiger partial charge is 0.478 e.